The Balaban J connectivity index is 1.45. The lowest BCUT2D eigenvalue weighted by atomic mass is 9.92. The highest BCUT2D eigenvalue weighted by Crippen LogP contribution is 2.45. The average Bonchev–Trinajstić information content (AvgIpc) is 3.02. The maximum atomic E-state index is 12.8. The number of likely N-dealkylation sites (tertiary alicyclic amines) is 1. The number of rotatable bonds is 6. The van der Waals surface area contributed by atoms with Crippen LogP contribution >= 0.6 is 0 Å². The van der Waals surface area contributed by atoms with Crippen LogP contribution in [0.15, 0.2) is 24.9 Å². The zero-order valence-corrected chi connectivity index (χ0v) is 16.8. The second-order valence-electron chi connectivity index (χ2n) is 8.58. The Bertz CT molecular complexity index is 881. The lowest BCUT2D eigenvalue weighted by molar-refractivity contribution is -0.131. The van der Waals surface area contributed by atoms with E-state index >= 15 is 0 Å². The lowest BCUT2D eigenvalue weighted by Crippen LogP contribution is -2.37. The van der Waals surface area contributed by atoms with E-state index in [4.69, 9.17) is 0 Å². The van der Waals surface area contributed by atoms with Crippen LogP contribution in [-0.2, 0) is 23.2 Å². The first-order valence-corrected chi connectivity index (χ1v) is 9.87. The topological polar surface area (TPSA) is 85.1 Å². The van der Waals surface area contributed by atoms with Crippen molar-refractivity contribution in [3.8, 4) is 0 Å². The minimum atomic E-state index is -0.186. The van der Waals surface area contributed by atoms with E-state index in [-0.39, 0.29) is 35.6 Å². The molecule has 0 bridgehead atoms. The van der Waals surface area contributed by atoms with Crippen molar-refractivity contribution in [3.05, 3.63) is 36.2 Å². The van der Waals surface area contributed by atoms with Crippen molar-refractivity contribution < 1.29 is 9.59 Å². The van der Waals surface area contributed by atoms with Gasteiger partial charge in [-0.1, -0.05) is 6.92 Å². The number of aromatic nitrogens is 4. The smallest absolute Gasteiger partial charge is 0.244 e. The van der Waals surface area contributed by atoms with Gasteiger partial charge >= 0.3 is 0 Å². The van der Waals surface area contributed by atoms with Crippen LogP contribution in [-0.4, -0.2) is 55.7 Å². The highest BCUT2D eigenvalue weighted by Gasteiger charge is 2.45. The van der Waals surface area contributed by atoms with Gasteiger partial charge in [-0.05, 0) is 25.3 Å². The molecule has 0 unspecified atom stereocenters. The van der Waals surface area contributed by atoms with Gasteiger partial charge in [0.2, 0.25) is 11.8 Å². The van der Waals surface area contributed by atoms with Gasteiger partial charge < -0.3 is 14.8 Å². The molecule has 0 aromatic carbocycles. The highest BCUT2D eigenvalue weighted by atomic mass is 16.2. The first kappa shape index (κ1) is 18.7. The first-order valence-electron chi connectivity index (χ1n) is 9.87. The summed E-state index contributed by atoms with van der Waals surface area (Å²) in [4.78, 5) is 31.4. The molecule has 1 N–H and O–H groups in total. The minimum Gasteiger partial charge on any atom is -0.355 e. The summed E-state index contributed by atoms with van der Waals surface area (Å²) >= 11 is 0. The number of imidazole rings is 1. The van der Waals surface area contributed by atoms with E-state index < -0.39 is 0 Å². The van der Waals surface area contributed by atoms with E-state index in [1.165, 1.54) is 0 Å². The molecule has 2 aromatic heterocycles. The zero-order valence-electron chi connectivity index (χ0n) is 16.8. The number of amides is 2. The molecule has 150 valence electrons. The van der Waals surface area contributed by atoms with Crippen LogP contribution in [0.1, 0.15) is 36.9 Å². The third-order valence-corrected chi connectivity index (χ3v) is 6.16. The van der Waals surface area contributed by atoms with Crippen LogP contribution in [0.5, 0.6) is 0 Å². The van der Waals surface area contributed by atoms with Crippen molar-refractivity contribution in [1.82, 2.24) is 29.5 Å². The van der Waals surface area contributed by atoms with Crippen LogP contribution in [0, 0.1) is 18.3 Å². The molecule has 2 atom stereocenters. The maximum Gasteiger partial charge on any atom is 0.244 e. The summed E-state index contributed by atoms with van der Waals surface area (Å²) in [5, 5.41) is 7.35. The largest absolute Gasteiger partial charge is 0.355 e. The molecule has 4 rings (SSSR count). The fourth-order valence-electron chi connectivity index (χ4n) is 3.99. The molecule has 8 heteroatoms. The fourth-order valence-corrected chi connectivity index (χ4v) is 3.99. The Morgan fingerprint density at radius 3 is 2.68 bits per heavy atom. The summed E-state index contributed by atoms with van der Waals surface area (Å²) in [6.45, 7) is 6.05. The van der Waals surface area contributed by atoms with Crippen LogP contribution in [0.2, 0.25) is 0 Å². The molecular weight excluding hydrogens is 356 g/mol. The predicted molar refractivity (Wildman–Crippen MR) is 103 cm³/mol. The molecule has 2 aromatic rings. The lowest BCUT2D eigenvalue weighted by Gasteiger charge is -2.20. The van der Waals surface area contributed by atoms with E-state index in [0.29, 0.717) is 19.6 Å². The van der Waals surface area contributed by atoms with Crippen LogP contribution in [0.25, 0.3) is 0 Å². The highest BCUT2D eigenvalue weighted by molar-refractivity contribution is 5.84. The third kappa shape index (κ3) is 3.68. The number of hydrogen-bond donors (Lipinski definition) is 1. The molecule has 0 spiro atoms. The van der Waals surface area contributed by atoms with Crippen molar-refractivity contribution in [3.63, 3.8) is 0 Å². The van der Waals surface area contributed by atoms with Gasteiger partial charge in [-0.15, -0.1) is 0 Å². The van der Waals surface area contributed by atoms with Gasteiger partial charge in [0.1, 0.15) is 6.54 Å². The van der Waals surface area contributed by atoms with Crippen molar-refractivity contribution in [1.29, 1.82) is 0 Å². The number of carbonyl (C=O) groups excluding carboxylic acids is 2. The Labute approximate surface area is 164 Å². The summed E-state index contributed by atoms with van der Waals surface area (Å²) in [5.41, 5.74) is 1.95. The second-order valence-corrected chi connectivity index (χ2v) is 8.58. The van der Waals surface area contributed by atoms with Gasteiger partial charge in [0.25, 0.3) is 0 Å². The Morgan fingerprint density at radius 1 is 1.29 bits per heavy atom. The van der Waals surface area contributed by atoms with Gasteiger partial charge in [0.15, 0.2) is 0 Å². The number of hydrogen-bond acceptors (Lipinski definition) is 4. The normalized spacial score (nSPS) is 23.0. The van der Waals surface area contributed by atoms with Gasteiger partial charge in [-0.2, -0.15) is 5.10 Å². The maximum absolute atomic E-state index is 12.8. The Hall–Kier alpha value is -2.64. The molecule has 2 amide bonds. The quantitative estimate of drug-likeness (QED) is 0.808. The molecule has 8 nitrogen and oxygen atoms in total. The molecule has 1 aliphatic carbocycles. The first-order chi connectivity index (χ1) is 13.4. The SMILES string of the molecule is Cc1cnn(CC(=O)N2C[C@@H](CNC(=O)C3(C)CC3)[C@H](c3cncn3C)C2)c1. The fraction of sp³-hybridized carbons (Fsp3) is 0.600. The Kier molecular flexibility index (Phi) is 4.72. The minimum absolute atomic E-state index is 0.0539. The molecule has 28 heavy (non-hydrogen) atoms. The van der Waals surface area contributed by atoms with Crippen molar-refractivity contribution >= 4 is 11.8 Å². The molecule has 3 heterocycles. The number of carbonyl (C=O) groups is 2. The zero-order chi connectivity index (χ0) is 19.9. The van der Waals surface area contributed by atoms with Gasteiger partial charge in [0.05, 0.1) is 12.5 Å². The van der Waals surface area contributed by atoms with Crippen molar-refractivity contribution in [2.75, 3.05) is 19.6 Å². The molecular formula is C20H28N6O2. The predicted octanol–water partition coefficient (Wildman–Crippen LogP) is 1.08. The second kappa shape index (κ2) is 7.07. The van der Waals surface area contributed by atoms with Gasteiger partial charge in [0, 0.05) is 62.0 Å². The molecule has 1 saturated heterocycles. The monoisotopic (exact) mass is 384 g/mol. The summed E-state index contributed by atoms with van der Waals surface area (Å²) in [5.74, 6) is 0.513. The summed E-state index contributed by atoms with van der Waals surface area (Å²) in [6.07, 6.45) is 9.21. The standard InChI is InChI=1S/C20H28N6O2/c1-14-6-23-26(9-14)12-18(27)25-10-15(7-22-19(28)20(2)4-5-20)16(11-25)17-8-21-13-24(17)3/h6,8-9,13,15-16H,4-5,7,10-12H2,1-3H3,(H,22,28)/t15-,16-/m1/s1. The molecule has 1 aliphatic heterocycles. The summed E-state index contributed by atoms with van der Waals surface area (Å²) < 4.78 is 3.69. The number of nitrogens with zero attached hydrogens (tertiary/aromatic N) is 5. The van der Waals surface area contributed by atoms with E-state index in [1.54, 1.807) is 17.2 Å². The van der Waals surface area contributed by atoms with Crippen LogP contribution in [0.3, 0.4) is 0 Å². The summed E-state index contributed by atoms with van der Waals surface area (Å²) in [7, 11) is 1.97. The van der Waals surface area contributed by atoms with Crippen molar-refractivity contribution in [2.24, 2.45) is 18.4 Å². The third-order valence-electron chi connectivity index (χ3n) is 6.16. The molecule has 0 radical (unpaired) electrons. The van der Waals surface area contributed by atoms with E-state index in [9.17, 15) is 9.59 Å². The average molecular weight is 384 g/mol. The van der Waals surface area contributed by atoms with E-state index in [1.807, 2.05) is 42.8 Å². The van der Waals surface area contributed by atoms with Gasteiger partial charge in [-0.3, -0.25) is 14.3 Å². The number of aryl methyl sites for hydroxylation is 2. The molecule has 1 saturated carbocycles. The van der Waals surface area contributed by atoms with E-state index in [2.05, 4.69) is 15.4 Å². The van der Waals surface area contributed by atoms with Gasteiger partial charge in [-0.25, -0.2) is 4.98 Å². The molecule has 2 aliphatic rings. The molecule has 2 fully saturated rings. The summed E-state index contributed by atoms with van der Waals surface area (Å²) in [6, 6.07) is 0. The van der Waals surface area contributed by atoms with Crippen LogP contribution in [0.4, 0.5) is 0 Å². The van der Waals surface area contributed by atoms with Crippen molar-refractivity contribution in [2.45, 2.75) is 39.2 Å². The number of nitrogens with one attached hydrogen (secondary N) is 1. The van der Waals surface area contributed by atoms with E-state index in [0.717, 1.165) is 24.1 Å². The van der Waals surface area contributed by atoms with Crippen LogP contribution < -0.4 is 5.32 Å². The Morgan fingerprint density at radius 2 is 2.07 bits per heavy atom.